The molecule has 0 bridgehead atoms. The molecule has 2 N–H and O–H groups in total. The van der Waals surface area contributed by atoms with E-state index in [-0.39, 0.29) is 31.2 Å². The van der Waals surface area contributed by atoms with Crippen molar-refractivity contribution in [1.82, 2.24) is 4.90 Å². The molecule has 0 radical (unpaired) electrons. The first-order chi connectivity index (χ1) is 20.3. The van der Waals surface area contributed by atoms with Gasteiger partial charge in [0.2, 0.25) is 6.79 Å². The molecule has 1 aromatic carbocycles. The van der Waals surface area contributed by atoms with E-state index >= 15 is 0 Å². The summed E-state index contributed by atoms with van der Waals surface area (Å²) in [5.74, 6) is 0.0596. The van der Waals surface area contributed by atoms with Crippen LogP contribution in [0.4, 0.5) is 0 Å². The number of fused-ring (bicyclic) bond motifs is 3. The first-order valence-electron chi connectivity index (χ1n) is 15.6. The molecule has 10 heteroatoms. The van der Waals surface area contributed by atoms with Crippen molar-refractivity contribution in [3.05, 3.63) is 35.1 Å². The molecule has 2 unspecified atom stereocenters. The highest BCUT2D eigenvalue weighted by molar-refractivity contribution is 5.86. The summed E-state index contributed by atoms with van der Waals surface area (Å²) in [4.78, 5) is 29.4. The average molecular weight is 600 g/mol. The Bertz CT molecular complexity index is 1300. The number of aliphatic hydroxyl groups is 2. The molecule has 3 aliphatic heterocycles. The van der Waals surface area contributed by atoms with Gasteiger partial charge in [0.15, 0.2) is 23.2 Å². The van der Waals surface area contributed by atoms with Gasteiger partial charge in [0.1, 0.15) is 5.76 Å². The number of benzene rings is 1. The van der Waals surface area contributed by atoms with Gasteiger partial charge >= 0.3 is 11.9 Å². The van der Waals surface area contributed by atoms with Crippen LogP contribution in [0.25, 0.3) is 0 Å². The van der Waals surface area contributed by atoms with Crippen LogP contribution in [0.3, 0.4) is 0 Å². The SMILES string of the molecule is COC1=CC23CCCN2CCc2cc4c(cc2[C@@H]3C1OC(=O)[C@@](O)(CCCC(C)(C)O)CC(=O)OCC1(C)CC1)OCO4. The zero-order chi connectivity index (χ0) is 30.6. The Kier molecular flexibility index (Phi) is 7.70. The quantitative estimate of drug-likeness (QED) is 0.364. The summed E-state index contributed by atoms with van der Waals surface area (Å²) in [7, 11) is 1.57. The minimum absolute atomic E-state index is 0.0273. The number of rotatable bonds is 11. The van der Waals surface area contributed by atoms with Gasteiger partial charge in [-0.15, -0.1) is 0 Å². The van der Waals surface area contributed by atoms with E-state index in [0.717, 1.165) is 56.3 Å². The first kappa shape index (κ1) is 30.2. The zero-order valence-electron chi connectivity index (χ0n) is 25.8. The highest BCUT2D eigenvalue weighted by Crippen LogP contribution is 2.56. The third kappa shape index (κ3) is 5.85. The summed E-state index contributed by atoms with van der Waals surface area (Å²) in [5.41, 5.74) is -1.45. The van der Waals surface area contributed by atoms with Crippen LogP contribution in [0.15, 0.2) is 24.0 Å². The van der Waals surface area contributed by atoms with Crippen molar-refractivity contribution in [2.75, 3.05) is 33.6 Å². The third-order valence-corrected chi connectivity index (χ3v) is 10.1. The molecule has 10 nitrogen and oxygen atoms in total. The molecule has 1 aromatic rings. The lowest BCUT2D eigenvalue weighted by Gasteiger charge is -2.39. The van der Waals surface area contributed by atoms with E-state index in [2.05, 4.69) is 11.0 Å². The fourth-order valence-electron chi connectivity index (χ4n) is 7.30. The van der Waals surface area contributed by atoms with Crippen LogP contribution >= 0.6 is 0 Å². The Morgan fingerprint density at radius 2 is 1.84 bits per heavy atom. The Morgan fingerprint density at radius 3 is 2.53 bits per heavy atom. The Balaban J connectivity index is 1.30. The van der Waals surface area contributed by atoms with E-state index in [4.69, 9.17) is 23.7 Å². The summed E-state index contributed by atoms with van der Waals surface area (Å²) in [6, 6.07) is 4.03. The summed E-state index contributed by atoms with van der Waals surface area (Å²) in [6.45, 7) is 7.55. The predicted octanol–water partition coefficient (Wildman–Crippen LogP) is 3.75. The van der Waals surface area contributed by atoms with E-state index in [1.807, 2.05) is 19.1 Å². The van der Waals surface area contributed by atoms with Crippen LogP contribution < -0.4 is 9.47 Å². The highest BCUT2D eigenvalue weighted by Gasteiger charge is 2.59. The van der Waals surface area contributed by atoms with Gasteiger partial charge < -0.3 is 33.9 Å². The topological polar surface area (TPSA) is 124 Å². The number of esters is 2. The molecule has 5 aliphatic rings. The van der Waals surface area contributed by atoms with Crippen LogP contribution in [0.5, 0.6) is 11.5 Å². The van der Waals surface area contributed by atoms with Gasteiger partial charge in [-0.3, -0.25) is 9.69 Å². The lowest BCUT2D eigenvalue weighted by molar-refractivity contribution is -0.179. The van der Waals surface area contributed by atoms with E-state index in [0.29, 0.717) is 30.1 Å². The maximum atomic E-state index is 14.1. The van der Waals surface area contributed by atoms with Gasteiger partial charge in [0.05, 0.1) is 37.2 Å². The van der Waals surface area contributed by atoms with E-state index in [1.54, 1.807) is 21.0 Å². The van der Waals surface area contributed by atoms with Crippen molar-refractivity contribution in [2.24, 2.45) is 5.41 Å². The molecule has 236 valence electrons. The molecule has 1 saturated heterocycles. The number of hydrogen-bond acceptors (Lipinski definition) is 10. The van der Waals surface area contributed by atoms with Crippen LogP contribution in [0.1, 0.15) is 89.2 Å². The second-order valence-corrected chi connectivity index (χ2v) is 14.1. The van der Waals surface area contributed by atoms with Crippen molar-refractivity contribution in [2.45, 2.75) is 107 Å². The number of methoxy groups -OCH3 is 1. The molecule has 1 saturated carbocycles. The van der Waals surface area contributed by atoms with Crippen LogP contribution in [0.2, 0.25) is 0 Å². The molecule has 0 amide bonds. The summed E-state index contributed by atoms with van der Waals surface area (Å²) in [5, 5.41) is 22.1. The normalized spacial score (nSPS) is 28.1. The third-order valence-electron chi connectivity index (χ3n) is 10.1. The fraction of sp³-hybridized carbons (Fsp3) is 0.697. The molecule has 3 heterocycles. The minimum Gasteiger partial charge on any atom is -0.497 e. The van der Waals surface area contributed by atoms with Gasteiger partial charge in [-0.25, -0.2) is 4.79 Å². The monoisotopic (exact) mass is 599 g/mol. The van der Waals surface area contributed by atoms with Crippen molar-refractivity contribution in [1.29, 1.82) is 0 Å². The molecule has 43 heavy (non-hydrogen) atoms. The molecule has 2 aliphatic carbocycles. The Morgan fingerprint density at radius 1 is 1.09 bits per heavy atom. The average Bonchev–Trinajstić information content (AvgIpc) is 3.24. The first-order valence-corrected chi connectivity index (χ1v) is 15.6. The number of carbonyl (C=O) groups excluding carboxylic acids is 2. The largest absolute Gasteiger partial charge is 0.497 e. The van der Waals surface area contributed by atoms with E-state index in [9.17, 15) is 19.8 Å². The van der Waals surface area contributed by atoms with E-state index in [1.165, 1.54) is 0 Å². The van der Waals surface area contributed by atoms with Crippen molar-refractivity contribution in [3.8, 4) is 11.5 Å². The van der Waals surface area contributed by atoms with Gasteiger partial charge in [-0.2, -0.15) is 0 Å². The maximum absolute atomic E-state index is 14.1. The van der Waals surface area contributed by atoms with E-state index < -0.39 is 41.2 Å². The molecule has 2 fully saturated rings. The lowest BCUT2D eigenvalue weighted by atomic mass is 9.77. The van der Waals surface area contributed by atoms with Gasteiger partial charge in [0.25, 0.3) is 0 Å². The van der Waals surface area contributed by atoms with Crippen molar-refractivity contribution in [3.63, 3.8) is 0 Å². The Hall–Kier alpha value is -2.82. The highest BCUT2D eigenvalue weighted by atomic mass is 16.7. The van der Waals surface area contributed by atoms with Crippen LogP contribution in [0, 0.1) is 5.41 Å². The number of carbonyl (C=O) groups is 2. The van der Waals surface area contributed by atoms with Gasteiger partial charge in [-0.1, -0.05) is 6.92 Å². The standard InChI is InChI=1S/C33H45NO9/c1-30(2,37)8-5-10-33(38,18-26(35)40-19-31(3)11-12-31)29(36)43-28-25(39-4)17-32-9-6-13-34(32)14-7-21-15-23-24(42-20-41-23)16-22(21)27(28)32/h15-17,27-28,37-38H,5-14,18-20H2,1-4H3/t27-,28?,32?,33-/m1/s1. The molecular weight excluding hydrogens is 554 g/mol. The predicted molar refractivity (Wildman–Crippen MR) is 156 cm³/mol. The second kappa shape index (κ2) is 11.0. The minimum atomic E-state index is -2.13. The molecular formula is C33H45NO9. The van der Waals surface area contributed by atoms with Crippen molar-refractivity contribution < 1.29 is 43.5 Å². The van der Waals surface area contributed by atoms with Gasteiger partial charge in [-0.05, 0) is 101 Å². The second-order valence-electron chi connectivity index (χ2n) is 14.1. The summed E-state index contributed by atoms with van der Waals surface area (Å²) in [6.07, 6.45) is 5.98. The molecule has 6 rings (SSSR count). The fourth-order valence-corrected chi connectivity index (χ4v) is 7.30. The molecule has 0 aromatic heterocycles. The summed E-state index contributed by atoms with van der Waals surface area (Å²) < 4.78 is 29.1. The lowest BCUT2D eigenvalue weighted by Crippen LogP contribution is -2.49. The van der Waals surface area contributed by atoms with Crippen LogP contribution in [-0.2, 0) is 30.2 Å². The maximum Gasteiger partial charge on any atom is 0.339 e. The van der Waals surface area contributed by atoms with Gasteiger partial charge in [0, 0.05) is 12.0 Å². The number of nitrogens with zero attached hydrogens (tertiary/aromatic N) is 1. The van der Waals surface area contributed by atoms with Crippen LogP contribution in [-0.4, -0.2) is 83.5 Å². The zero-order valence-corrected chi connectivity index (χ0v) is 25.8. The summed E-state index contributed by atoms with van der Waals surface area (Å²) >= 11 is 0. The number of ether oxygens (including phenoxy) is 5. The smallest absolute Gasteiger partial charge is 0.339 e. The Labute approximate surface area is 253 Å². The molecule has 4 atom stereocenters. The number of hydrogen-bond donors (Lipinski definition) is 2. The van der Waals surface area contributed by atoms with Crippen molar-refractivity contribution >= 4 is 11.9 Å². The molecule has 1 spiro atoms.